The Bertz CT molecular complexity index is 514. The van der Waals surface area contributed by atoms with E-state index in [1.54, 1.807) is 24.5 Å². The monoisotopic (exact) mass is 247 g/mol. The van der Waals surface area contributed by atoms with Crippen molar-refractivity contribution in [1.29, 1.82) is 0 Å². The van der Waals surface area contributed by atoms with Gasteiger partial charge in [0.2, 0.25) is 0 Å². The maximum absolute atomic E-state index is 13.3. The molecule has 5 heteroatoms. The summed E-state index contributed by atoms with van der Waals surface area (Å²) in [5, 5.41) is 0. The van der Waals surface area contributed by atoms with Crippen molar-refractivity contribution in [2.24, 2.45) is 5.73 Å². The summed E-state index contributed by atoms with van der Waals surface area (Å²) < 4.78 is 18.6. The van der Waals surface area contributed by atoms with Crippen LogP contribution in [0.1, 0.15) is 12.5 Å². The molecule has 2 rings (SSSR count). The van der Waals surface area contributed by atoms with E-state index < -0.39 is 5.82 Å². The van der Waals surface area contributed by atoms with Crippen molar-refractivity contribution in [3.05, 3.63) is 48.0 Å². The molecule has 0 aliphatic rings. The van der Waals surface area contributed by atoms with E-state index in [0.717, 1.165) is 5.56 Å². The van der Waals surface area contributed by atoms with E-state index in [2.05, 4.69) is 9.97 Å². The van der Waals surface area contributed by atoms with Crippen LogP contribution in [0.3, 0.4) is 0 Å². The van der Waals surface area contributed by atoms with Gasteiger partial charge in [-0.15, -0.1) is 0 Å². The van der Waals surface area contributed by atoms with E-state index in [1.807, 2.05) is 6.92 Å². The maximum atomic E-state index is 13.3. The highest BCUT2D eigenvalue weighted by Crippen LogP contribution is 2.20. The van der Waals surface area contributed by atoms with E-state index >= 15 is 0 Å². The number of aromatic nitrogens is 2. The lowest BCUT2D eigenvalue weighted by atomic mass is 10.1. The third kappa shape index (κ3) is 3.24. The minimum Gasteiger partial charge on any atom is -0.421 e. The molecule has 2 N–H and O–H groups in total. The van der Waals surface area contributed by atoms with E-state index in [4.69, 9.17) is 10.5 Å². The van der Waals surface area contributed by atoms with Crippen molar-refractivity contribution in [2.75, 3.05) is 0 Å². The summed E-state index contributed by atoms with van der Waals surface area (Å²) in [5.41, 5.74) is 6.59. The predicted molar refractivity (Wildman–Crippen MR) is 65.9 cm³/mol. The molecular weight excluding hydrogens is 233 g/mol. The third-order valence-electron chi connectivity index (χ3n) is 2.28. The lowest BCUT2D eigenvalue weighted by Crippen LogP contribution is -2.17. The standard InChI is InChI=1S/C13H14FN3O/c1-9(15)6-10-7-16-13(17-8-10)18-12-5-3-2-4-11(12)14/h2-5,7-9H,6,15H2,1H3. The molecule has 18 heavy (non-hydrogen) atoms. The van der Waals surface area contributed by atoms with E-state index in [9.17, 15) is 4.39 Å². The average Bonchev–Trinajstić information content (AvgIpc) is 2.34. The number of benzene rings is 1. The lowest BCUT2D eigenvalue weighted by molar-refractivity contribution is 0.410. The highest BCUT2D eigenvalue weighted by atomic mass is 19.1. The SMILES string of the molecule is CC(N)Cc1cnc(Oc2ccccc2F)nc1. The first kappa shape index (κ1) is 12.4. The molecule has 1 unspecified atom stereocenters. The molecule has 0 aliphatic heterocycles. The topological polar surface area (TPSA) is 61.0 Å². The smallest absolute Gasteiger partial charge is 0.321 e. The fourth-order valence-electron chi connectivity index (χ4n) is 1.50. The molecule has 0 bridgehead atoms. The second kappa shape index (κ2) is 5.55. The zero-order valence-corrected chi connectivity index (χ0v) is 10.0. The van der Waals surface area contributed by atoms with Crippen LogP contribution < -0.4 is 10.5 Å². The van der Waals surface area contributed by atoms with Gasteiger partial charge >= 0.3 is 6.01 Å². The van der Waals surface area contributed by atoms with E-state index in [0.29, 0.717) is 6.42 Å². The van der Waals surface area contributed by atoms with Crippen LogP contribution in [0.2, 0.25) is 0 Å². The van der Waals surface area contributed by atoms with Crippen LogP contribution in [-0.4, -0.2) is 16.0 Å². The Morgan fingerprint density at radius 1 is 1.28 bits per heavy atom. The summed E-state index contributed by atoms with van der Waals surface area (Å²) in [6.07, 6.45) is 3.96. The molecule has 0 amide bonds. The second-order valence-corrected chi connectivity index (χ2v) is 4.09. The van der Waals surface area contributed by atoms with E-state index in [1.165, 1.54) is 12.1 Å². The zero-order chi connectivity index (χ0) is 13.0. The van der Waals surface area contributed by atoms with Crippen molar-refractivity contribution in [3.8, 4) is 11.8 Å². The van der Waals surface area contributed by atoms with Gasteiger partial charge in [-0.3, -0.25) is 0 Å². The zero-order valence-electron chi connectivity index (χ0n) is 10.0. The molecule has 1 aromatic carbocycles. The first-order chi connectivity index (χ1) is 8.65. The first-order valence-electron chi connectivity index (χ1n) is 5.64. The fraction of sp³-hybridized carbons (Fsp3) is 0.231. The molecule has 0 aliphatic carbocycles. The largest absolute Gasteiger partial charge is 0.421 e. The van der Waals surface area contributed by atoms with Gasteiger partial charge in [0.05, 0.1) is 0 Å². The van der Waals surface area contributed by atoms with Gasteiger partial charge in [-0.05, 0) is 31.0 Å². The van der Waals surface area contributed by atoms with Crippen LogP contribution in [0.4, 0.5) is 4.39 Å². The second-order valence-electron chi connectivity index (χ2n) is 4.09. The molecule has 0 fully saturated rings. The van der Waals surface area contributed by atoms with Crippen LogP contribution in [0.25, 0.3) is 0 Å². The number of ether oxygens (including phenoxy) is 1. The minimum atomic E-state index is -0.444. The first-order valence-corrected chi connectivity index (χ1v) is 5.64. The van der Waals surface area contributed by atoms with Crippen molar-refractivity contribution >= 4 is 0 Å². The van der Waals surface area contributed by atoms with Gasteiger partial charge in [0.15, 0.2) is 11.6 Å². The predicted octanol–water partition coefficient (Wildman–Crippen LogP) is 2.30. The molecule has 1 heterocycles. The number of nitrogens with two attached hydrogens (primary N) is 1. The molecule has 0 saturated carbocycles. The molecule has 94 valence electrons. The molecule has 0 saturated heterocycles. The Kier molecular flexibility index (Phi) is 3.84. The van der Waals surface area contributed by atoms with Crippen molar-refractivity contribution in [1.82, 2.24) is 9.97 Å². The number of hydrogen-bond donors (Lipinski definition) is 1. The molecule has 2 aromatic rings. The third-order valence-corrected chi connectivity index (χ3v) is 2.28. The summed E-state index contributed by atoms with van der Waals surface area (Å²) in [7, 11) is 0. The average molecular weight is 247 g/mol. The van der Waals surface area contributed by atoms with Crippen molar-refractivity contribution < 1.29 is 9.13 Å². The highest BCUT2D eigenvalue weighted by molar-refractivity contribution is 5.26. The van der Waals surface area contributed by atoms with Gasteiger partial charge in [-0.25, -0.2) is 14.4 Å². The summed E-state index contributed by atoms with van der Waals surface area (Å²) in [6.45, 7) is 1.91. The number of nitrogens with zero attached hydrogens (tertiary/aromatic N) is 2. The Morgan fingerprint density at radius 3 is 2.56 bits per heavy atom. The lowest BCUT2D eigenvalue weighted by Gasteiger charge is -2.06. The van der Waals surface area contributed by atoms with Crippen LogP contribution >= 0.6 is 0 Å². The summed E-state index contributed by atoms with van der Waals surface area (Å²) in [6, 6.07) is 6.28. The van der Waals surface area contributed by atoms with E-state index in [-0.39, 0.29) is 17.8 Å². The van der Waals surface area contributed by atoms with Crippen molar-refractivity contribution in [3.63, 3.8) is 0 Å². The molecule has 1 atom stereocenters. The molecule has 0 radical (unpaired) electrons. The Hall–Kier alpha value is -2.01. The minimum absolute atomic E-state index is 0.0481. The van der Waals surface area contributed by atoms with Gasteiger partial charge in [-0.1, -0.05) is 12.1 Å². The van der Waals surface area contributed by atoms with Gasteiger partial charge in [0, 0.05) is 18.4 Å². The summed E-state index contributed by atoms with van der Waals surface area (Å²) in [4.78, 5) is 8.03. The number of halogens is 1. The van der Waals surface area contributed by atoms with Crippen LogP contribution in [-0.2, 0) is 6.42 Å². The summed E-state index contributed by atoms with van der Waals surface area (Å²) >= 11 is 0. The number of hydrogen-bond acceptors (Lipinski definition) is 4. The van der Waals surface area contributed by atoms with Crippen molar-refractivity contribution in [2.45, 2.75) is 19.4 Å². The maximum Gasteiger partial charge on any atom is 0.321 e. The Labute approximate surface area is 105 Å². The normalized spacial score (nSPS) is 12.2. The molecule has 4 nitrogen and oxygen atoms in total. The number of rotatable bonds is 4. The molecule has 0 spiro atoms. The van der Waals surface area contributed by atoms with Gasteiger partial charge in [0.25, 0.3) is 0 Å². The molecule has 1 aromatic heterocycles. The van der Waals surface area contributed by atoms with Crippen LogP contribution in [0.5, 0.6) is 11.8 Å². The summed E-state index contributed by atoms with van der Waals surface area (Å²) in [5.74, 6) is -0.335. The van der Waals surface area contributed by atoms with Gasteiger partial charge < -0.3 is 10.5 Å². The van der Waals surface area contributed by atoms with Gasteiger partial charge in [0.1, 0.15) is 0 Å². The van der Waals surface area contributed by atoms with Gasteiger partial charge in [-0.2, -0.15) is 0 Å². The quantitative estimate of drug-likeness (QED) is 0.900. The van der Waals surface area contributed by atoms with Crippen LogP contribution in [0.15, 0.2) is 36.7 Å². The van der Waals surface area contributed by atoms with Crippen LogP contribution in [0, 0.1) is 5.82 Å². The fourth-order valence-corrected chi connectivity index (χ4v) is 1.50. The Balaban J connectivity index is 2.09. The number of para-hydroxylation sites is 1. The molecular formula is C13H14FN3O. The highest BCUT2D eigenvalue weighted by Gasteiger charge is 2.06. The Morgan fingerprint density at radius 2 is 1.94 bits per heavy atom.